The predicted molar refractivity (Wildman–Crippen MR) is 62.3 cm³/mol. The molecule has 90 valence electrons. The molecule has 0 spiro atoms. The summed E-state index contributed by atoms with van der Waals surface area (Å²) in [5.41, 5.74) is 0.892. The fourth-order valence-corrected chi connectivity index (χ4v) is 1.79. The minimum atomic E-state index is -0.792. The molecule has 2 rings (SSSR count). The summed E-state index contributed by atoms with van der Waals surface area (Å²) < 4.78 is 5.36. The van der Waals surface area contributed by atoms with Crippen LogP contribution in [-0.4, -0.2) is 17.1 Å². The first-order chi connectivity index (χ1) is 8.06. The van der Waals surface area contributed by atoms with Crippen LogP contribution in [0.25, 0.3) is 0 Å². The highest BCUT2D eigenvalue weighted by Crippen LogP contribution is 2.27. The number of nitrogens with one attached hydrogen (secondary N) is 1. The van der Waals surface area contributed by atoms with Crippen molar-refractivity contribution in [1.29, 1.82) is 0 Å². The lowest BCUT2D eigenvalue weighted by Gasteiger charge is -2.12. The van der Waals surface area contributed by atoms with Gasteiger partial charge < -0.3 is 10.1 Å². The van der Waals surface area contributed by atoms with E-state index in [-0.39, 0.29) is 18.2 Å². The van der Waals surface area contributed by atoms with Gasteiger partial charge in [0.1, 0.15) is 11.2 Å². The molecular formula is C10H10ClN3O3. The van der Waals surface area contributed by atoms with Crippen molar-refractivity contribution in [3.05, 3.63) is 45.0 Å². The van der Waals surface area contributed by atoms with Crippen molar-refractivity contribution in [2.24, 2.45) is 5.10 Å². The summed E-state index contributed by atoms with van der Waals surface area (Å²) in [5.74, 6) is 0. The zero-order chi connectivity index (χ0) is 12.4. The maximum Gasteiger partial charge on any atom is 0.360 e. The summed E-state index contributed by atoms with van der Waals surface area (Å²) in [5, 5.41) is 16.0. The molecule has 0 saturated carbocycles. The molecule has 1 aromatic rings. The third-order valence-electron chi connectivity index (χ3n) is 2.41. The number of benzene rings is 1. The molecule has 0 aliphatic carbocycles. The van der Waals surface area contributed by atoms with Crippen molar-refractivity contribution in [2.75, 3.05) is 0 Å². The number of hydrogen-bond acceptors (Lipinski definition) is 3. The maximum absolute atomic E-state index is 10.2. The van der Waals surface area contributed by atoms with Crippen LogP contribution < -0.4 is 5.32 Å². The second-order valence-corrected chi connectivity index (χ2v) is 4.10. The van der Waals surface area contributed by atoms with E-state index >= 15 is 0 Å². The second-order valence-electron chi connectivity index (χ2n) is 3.67. The Bertz CT molecular complexity index is 460. The van der Waals surface area contributed by atoms with E-state index in [0.717, 1.165) is 5.56 Å². The van der Waals surface area contributed by atoms with Crippen LogP contribution in [0.2, 0.25) is 5.02 Å². The Kier molecular flexibility index (Phi) is 3.14. The van der Waals surface area contributed by atoms with E-state index in [2.05, 4.69) is 10.4 Å². The van der Waals surface area contributed by atoms with Gasteiger partial charge in [-0.2, -0.15) is 0 Å². The lowest BCUT2D eigenvalue weighted by molar-refractivity contribution is -0.486. The van der Waals surface area contributed by atoms with Crippen LogP contribution in [0.5, 0.6) is 0 Å². The summed E-state index contributed by atoms with van der Waals surface area (Å²) in [4.78, 5) is 10.2. The Morgan fingerprint density at radius 2 is 2.12 bits per heavy atom. The van der Waals surface area contributed by atoms with E-state index in [1.54, 1.807) is 12.1 Å². The van der Waals surface area contributed by atoms with Crippen LogP contribution in [-0.2, 0) is 4.74 Å². The fourth-order valence-electron chi connectivity index (χ4n) is 1.66. The van der Waals surface area contributed by atoms with E-state index < -0.39 is 5.03 Å². The summed E-state index contributed by atoms with van der Waals surface area (Å²) in [6.07, 6.45) is -0.300. The van der Waals surface area contributed by atoms with Crippen molar-refractivity contribution in [3.63, 3.8) is 0 Å². The van der Waals surface area contributed by atoms with Crippen LogP contribution >= 0.6 is 11.6 Å². The normalized spacial score (nSPS) is 25.4. The van der Waals surface area contributed by atoms with Crippen molar-refractivity contribution in [3.8, 4) is 0 Å². The van der Waals surface area contributed by atoms with Crippen molar-refractivity contribution in [2.45, 2.75) is 19.1 Å². The SMILES string of the molecule is C[C@@H]1N/C(=N\[N+](=O)[O-])O[C@H]1c1ccc(Cl)cc1. The molecule has 0 bridgehead atoms. The lowest BCUT2D eigenvalue weighted by Crippen LogP contribution is -2.25. The van der Waals surface area contributed by atoms with Gasteiger partial charge in [0.05, 0.1) is 6.04 Å². The Hall–Kier alpha value is -1.82. The second kappa shape index (κ2) is 4.58. The Morgan fingerprint density at radius 3 is 2.71 bits per heavy atom. The summed E-state index contributed by atoms with van der Waals surface area (Å²) in [6.45, 7) is 1.86. The Balaban J connectivity index is 2.18. The largest absolute Gasteiger partial charge is 0.451 e. The van der Waals surface area contributed by atoms with Gasteiger partial charge in [0.25, 0.3) is 0 Å². The van der Waals surface area contributed by atoms with Gasteiger partial charge in [0.2, 0.25) is 0 Å². The molecule has 1 N–H and O–H groups in total. The first-order valence-corrected chi connectivity index (χ1v) is 5.35. The molecule has 17 heavy (non-hydrogen) atoms. The number of amidine groups is 1. The number of nitrogens with zero attached hydrogens (tertiary/aromatic N) is 2. The van der Waals surface area contributed by atoms with Crippen molar-refractivity contribution < 1.29 is 9.77 Å². The van der Waals surface area contributed by atoms with Gasteiger partial charge in [-0.15, -0.1) is 0 Å². The maximum atomic E-state index is 10.2. The number of ether oxygens (including phenoxy) is 1. The highest BCUT2D eigenvalue weighted by molar-refractivity contribution is 6.30. The van der Waals surface area contributed by atoms with Crippen LogP contribution in [0, 0.1) is 10.1 Å². The van der Waals surface area contributed by atoms with Gasteiger partial charge in [0, 0.05) is 5.02 Å². The van der Waals surface area contributed by atoms with Gasteiger partial charge in [-0.25, -0.2) is 10.1 Å². The van der Waals surface area contributed by atoms with E-state index in [9.17, 15) is 10.1 Å². The molecule has 1 aliphatic rings. The van der Waals surface area contributed by atoms with Gasteiger partial charge >= 0.3 is 6.02 Å². The van der Waals surface area contributed by atoms with Gasteiger partial charge in [-0.05, 0) is 24.6 Å². The van der Waals surface area contributed by atoms with Gasteiger partial charge in [-0.1, -0.05) is 23.7 Å². The molecule has 1 aliphatic heterocycles. The molecule has 1 aromatic carbocycles. The van der Waals surface area contributed by atoms with Gasteiger partial charge in [0.15, 0.2) is 5.03 Å². The van der Waals surface area contributed by atoms with E-state index in [0.29, 0.717) is 5.02 Å². The van der Waals surface area contributed by atoms with Crippen LogP contribution in [0.1, 0.15) is 18.6 Å². The smallest absolute Gasteiger partial charge is 0.360 e. The molecule has 0 amide bonds. The average molecular weight is 256 g/mol. The Morgan fingerprint density at radius 1 is 1.47 bits per heavy atom. The summed E-state index contributed by atoms with van der Waals surface area (Å²) in [7, 11) is 0. The highest BCUT2D eigenvalue weighted by atomic mass is 35.5. The Labute approximate surface area is 102 Å². The van der Waals surface area contributed by atoms with E-state index in [4.69, 9.17) is 16.3 Å². The topological polar surface area (TPSA) is 76.8 Å². The predicted octanol–water partition coefficient (Wildman–Crippen LogP) is 1.94. The molecule has 0 aromatic heterocycles. The van der Waals surface area contributed by atoms with Crippen molar-refractivity contribution >= 4 is 17.6 Å². The van der Waals surface area contributed by atoms with Gasteiger partial charge in [-0.3, -0.25) is 0 Å². The molecule has 1 saturated heterocycles. The third-order valence-corrected chi connectivity index (χ3v) is 2.67. The molecule has 2 atom stereocenters. The third kappa shape index (κ3) is 2.65. The molecule has 6 nitrogen and oxygen atoms in total. The minimum absolute atomic E-state index is 0.0672. The monoisotopic (exact) mass is 255 g/mol. The molecule has 1 heterocycles. The first kappa shape index (κ1) is 11.7. The van der Waals surface area contributed by atoms with Crippen molar-refractivity contribution in [1.82, 2.24) is 5.32 Å². The fraction of sp³-hybridized carbons (Fsp3) is 0.300. The molecule has 7 heteroatoms. The number of hydrogen-bond donors (Lipinski definition) is 1. The van der Waals surface area contributed by atoms with E-state index in [1.165, 1.54) is 0 Å². The number of hydrazone groups is 1. The van der Waals surface area contributed by atoms with Crippen LogP contribution in [0.3, 0.4) is 0 Å². The molecular weight excluding hydrogens is 246 g/mol. The highest BCUT2D eigenvalue weighted by Gasteiger charge is 2.32. The zero-order valence-electron chi connectivity index (χ0n) is 8.96. The van der Waals surface area contributed by atoms with Crippen LogP contribution in [0.15, 0.2) is 29.4 Å². The minimum Gasteiger partial charge on any atom is -0.451 e. The molecule has 0 radical (unpaired) electrons. The number of halogens is 1. The summed E-state index contributed by atoms with van der Waals surface area (Å²) >= 11 is 5.78. The average Bonchev–Trinajstić information content (AvgIpc) is 2.59. The molecule has 0 unspecified atom stereocenters. The lowest BCUT2D eigenvalue weighted by atomic mass is 10.0. The standard InChI is InChI=1S/C10H10ClN3O3/c1-6-9(7-2-4-8(11)5-3-7)17-10(12-6)13-14(15)16/h2-6,9H,1H3,(H,12,13)/t6-,9+/m0/s1. The quantitative estimate of drug-likeness (QED) is 0.647. The number of nitro groups is 1. The number of rotatable bonds is 2. The summed E-state index contributed by atoms with van der Waals surface area (Å²) in [6, 6.07) is 6.98. The zero-order valence-corrected chi connectivity index (χ0v) is 9.72. The molecule has 1 fully saturated rings. The van der Waals surface area contributed by atoms with Crippen LogP contribution in [0.4, 0.5) is 0 Å². The van der Waals surface area contributed by atoms with E-state index in [1.807, 2.05) is 19.1 Å². The first-order valence-electron chi connectivity index (χ1n) is 4.98.